The van der Waals surface area contributed by atoms with Gasteiger partial charge in [-0.2, -0.15) is 0 Å². The number of Topliss-reactive ketones (excluding diaryl/α,β-unsaturated/α-hetero) is 1. The van der Waals surface area contributed by atoms with Crippen molar-refractivity contribution in [1.29, 1.82) is 0 Å². The van der Waals surface area contributed by atoms with Crippen LogP contribution in [0.4, 0.5) is 0 Å². The molecule has 2 aromatic rings. The number of fused-ring (bicyclic) bond motifs is 2. The molecule has 0 heterocycles. The maximum absolute atomic E-state index is 13.5. The predicted octanol–water partition coefficient (Wildman–Crippen LogP) is 2.83. The second-order valence-electron chi connectivity index (χ2n) is 6.69. The Bertz CT molecular complexity index is 1160. The number of carbonyl (C=O) groups excluding carboxylic acids is 5. The van der Waals surface area contributed by atoms with Crippen molar-refractivity contribution in [2.24, 2.45) is 0 Å². The maximum Gasteiger partial charge on any atom is 0.308 e. The quantitative estimate of drug-likeness (QED) is 0.367. The second kappa shape index (κ2) is 7.55. The molecule has 154 valence electrons. The van der Waals surface area contributed by atoms with Crippen molar-refractivity contribution in [3.8, 4) is 17.2 Å². The van der Waals surface area contributed by atoms with E-state index in [-0.39, 0.29) is 50.6 Å². The van der Waals surface area contributed by atoms with Gasteiger partial charge in [-0.3, -0.25) is 24.0 Å². The number of esters is 2. The maximum atomic E-state index is 13.5. The molecule has 0 amide bonds. The van der Waals surface area contributed by atoms with E-state index in [0.29, 0.717) is 0 Å². The lowest BCUT2D eigenvalue weighted by atomic mass is 9.79. The Morgan fingerprint density at radius 2 is 1.37 bits per heavy atom. The number of carbonyl (C=O) groups is 5. The summed E-state index contributed by atoms with van der Waals surface area (Å²) in [7, 11) is 1.34. The molecule has 0 bridgehead atoms. The third-order valence-corrected chi connectivity index (χ3v) is 4.66. The summed E-state index contributed by atoms with van der Waals surface area (Å²) in [5, 5.41) is 0. The van der Waals surface area contributed by atoms with Gasteiger partial charge in [-0.25, -0.2) is 0 Å². The van der Waals surface area contributed by atoms with E-state index in [2.05, 4.69) is 0 Å². The second-order valence-corrected chi connectivity index (χ2v) is 6.69. The Morgan fingerprint density at radius 3 is 1.90 bits per heavy atom. The van der Waals surface area contributed by atoms with Crippen molar-refractivity contribution in [2.45, 2.75) is 27.7 Å². The zero-order valence-electron chi connectivity index (χ0n) is 17.0. The topological polar surface area (TPSA) is 113 Å². The van der Waals surface area contributed by atoms with Crippen molar-refractivity contribution < 1.29 is 38.2 Å². The summed E-state index contributed by atoms with van der Waals surface area (Å²) in [6.45, 7) is 4.89. The van der Waals surface area contributed by atoms with Crippen LogP contribution in [-0.4, -0.2) is 36.4 Å². The molecule has 2 aromatic carbocycles. The van der Waals surface area contributed by atoms with E-state index >= 15 is 0 Å². The number of benzene rings is 2. The third kappa shape index (κ3) is 3.16. The first kappa shape index (κ1) is 20.9. The Hall–Kier alpha value is -3.81. The molecule has 8 heteroatoms. The number of hydrogen-bond acceptors (Lipinski definition) is 8. The Kier molecular flexibility index (Phi) is 5.26. The van der Waals surface area contributed by atoms with Crippen LogP contribution in [0.5, 0.6) is 17.2 Å². The lowest BCUT2D eigenvalue weighted by molar-refractivity contribution is -0.133. The van der Waals surface area contributed by atoms with Crippen molar-refractivity contribution in [2.75, 3.05) is 7.11 Å². The van der Waals surface area contributed by atoms with Crippen molar-refractivity contribution in [1.82, 2.24) is 0 Å². The molecular weight excluding hydrogens is 392 g/mol. The normalized spacial score (nSPS) is 12.0. The van der Waals surface area contributed by atoms with Gasteiger partial charge in [-0.05, 0) is 19.9 Å². The minimum Gasteiger partial charge on any atom is -0.496 e. The van der Waals surface area contributed by atoms with E-state index in [9.17, 15) is 24.0 Å². The molecule has 0 saturated heterocycles. The van der Waals surface area contributed by atoms with Gasteiger partial charge < -0.3 is 14.2 Å². The van der Waals surface area contributed by atoms with Gasteiger partial charge in [0, 0.05) is 25.0 Å². The standard InChI is InChI=1S/C22H18O8/c1-9-15(10(2)23)22(30-12(4)25)18-17(21(9)29-11(3)24)19(26)13-7-6-8-14(28-5)16(13)20(18)27/h6-8H,1-5H3. The smallest absolute Gasteiger partial charge is 0.308 e. The number of rotatable bonds is 4. The Labute approximate surface area is 171 Å². The molecule has 1 aliphatic carbocycles. The van der Waals surface area contributed by atoms with Crippen LogP contribution in [0.2, 0.25) is 0 Å². The molecule has 0 saturated carbocycles. The average Bonchev–Trinajstić information content (AvgIpc) is 2.66. The highest BCUT2D eigenvalue weighted by Gasteiger charge is 2.41. The summed E-state index contributed by atoms with van der Waals surface area (Å²) in [6.07, 6.45) is 0. The molecule has 0 fully saturated rings. The van der Waals surface area contributed by atoms with E-state index in [1.54, 1.807) is 6.07 Å². The first-order valence-electron chi connectivity index (χ1n) is 8.94. The SMILES string of the molecule is COc1cccc2c1C(=O)c1c(OC(C)=O)c(C(C)=O)c(C)c(OC(C)=O)c1C2=O. The van der Waals surface area contributed by atoms with E-state index in [1.165, 1.54) is 33.1 Å². The summed E-state index contributed by atoms with van der Waals surface area (Å²) in [6, 6.07) is 4.50. The van der Waals surface area contributed by atoms with Gasteiger partial charge in [-0.15, -0.1) is 0 Å². The Balaban J connectivity index is 2.53. The molecular formula is C22H18O8. The van der Waals surface area contributed by atoms with Crippen LogP contribution < -0.4 is 14.2 Å². The van der Waals surface area contributed by atoms with Crippen molar-refractivity contribution >= 4 is 29.3 Å². The molecule has 0 radical (unpaired) electrons. The average molecular weight is 410 g/mol. The molecule has 0 spiro atoms. The highest BCUT2D eigenvalue weighted by molar-refractivity contribution is 6.32. The summed E-state index contributed by atoms with van der Waals surface area (Å²) in [5.41, 5.74) is -0.559. The van der Waals surface area contributed by atoms with Crippen molar-refractivity contribution in [3.63, 3.8) is 0 Å². The van der Waals surface area contributed by atoms with E-state index in [4.69, 9.17) is 14.2 Å². The monoisotopic (exact) mass is 410 g/mol. The van der Waals surface area contributed by atoms with Gasteiger partial charge in [0.1, 0.15) is 11.5 Å². The van der Waals surface area contributed by atoms with Gasteiger partial charge in [0.25, 0.3) is 0 Å². The van der Waals surface area contributed by atoms with E-state index in [0.717, 1.165) is 13.8 Å². The molecule has 0 atom stereocenters. The fourth-order valence-electron chi connectivity index (χ4n) is 3.58. The zero-order chi connectivity index (χ0) is 22.3. The molecule has 1 aliphatic rings. The highest BCUT2D eigenvalue weighted by atomic mass is 16.5. The Morgan fingerprint density at radius 1 is 0.800 bits per heavy atom. The highest BCUT2D eigenvalue weighted by Crippen LogP contribution is 2.45. The summed E-state index contributed by atoms with van der Waals surface area (Å²) < 4.78 is 15.7. The van der Waals surface area contributed by atoms with Crippen LogP contribution in [0, 0.1) is 6.92 Å². The molecule has 0 N–H and O–H groups in total. The third-order valence-electron chi connectivity index (χ3n) is 4.66. The number of ether oxygens (including phenoxy) is 3. The minimum atomic E-state index is -0.787. The lowest BCUT2D eigenvalue weighted by Gasteiger charge is -2.26. The molecule has 30 heavy (non-hydrogen) atoms. The first-order chi connectivity index (χ1) is 14.1. The fourth-order valence-corrected chi connectivity index (χ4v) is 3.58. The van der Waals surface area contributed by atoms with Gasteiger partial charge in [0.15, 0.2) is 17.3 Å². The number of methoxy groups -OCH3 is 1. The number of ketones is 3. The molecule has 3 rings (SSSR count). The largest absolute Gasteiger partial charge is 0.496 e. The molecule has 0 unspecified atom stereocenters. The van der Waals surface area contributed by atoms with Crippen LogP contribution in [0.1, 0.15) is 68.5 Å². The van der Waals surface area contributed by atoms with Crippen LogP contribution in [0.25, 0.3) is 0 Å². The molecule has 0 aliphatic heterocycles. The van der Waals surface area contributed by atoms with E-state index in [1.807, 2.05) is 0 Å². The van der Waals surface area contributed by atoms with Crippen molar-refractivity contribution in [3.05, 3.63) is 51.6 Å². The van der Waals surface area contributed by atoms with Gasteiger partial charge in [0.2, 0.25) is 5.78 Å². The molecule has 0 aromatic heterocycles. The summed E-state index contributed by atoms with van der Waals surface area (Å²) >= 11 is 0. The summed E-state index contributed by atoms with van der Waals surface area (Å²) in [4.78, 5) is 62.7. The first-order valence-corrected chi connectivity index (χ1v) is 8.94. The van der Waals surface area contributed by atoms with Gasteiger partial charge in [-0.1, -0.05) is 12.1 Å². The predicted molar refractivity (Wildman–Crippen MR) is 104 cm³/mol. The van der Waals surface area contributed by atoms with Gasteiger partial charge in [0.05, 0.1) is 29.4 Å². The fraction of sp³-hybridized carbons (Fsp3) is 0.227. The molecule has 8 nitrogen and oxygen atoms in total. The minimum absolute atomic E-state index is 0.0296. The van der Waals surface area contributed by atoms with Crippen LogP contribution in [-0.2, 0) is 9.59 Å². The summed E-state index contributed by atoms with van der Waals surface area (Å²) in [5.74, 6) is -3.79. The van der Waals surface area contributed by atoms with E-state index < -0.39 is 29.3 Å². The van der Waals surface area contributed by atoms with Crippen LogP contribution >= 0.6 is 0 Å². The zero-order valence-corrected chi connectivity index (χ0v) is 17.0. The van der Waals surface area contributed by atoms with Gasteiger partial charge >= 0.3 is 11.9 Å². The lowest BCUT2D eigenvalue weighted by Crippen LogP contribution is -2.26. The van der Waals surface area contributed by atoms with Crippen LogP contribution in [0.3, 0.4) is 0 Å². The number of hydrogen-bond donors (Lipinski definition) is 0. The van der Waals surface area contributed by atoms with Crippen LogP contribution in [0.15, 0.2) is 18.2 Å².